The molecule has 0 aromatic carbocycles. The summed E-state index contributed by atoms with van der Waals surface area (Å²) in [5.74, 6) is -1.64. The number of carboxylic acids is 1. The largest absolute Gasteiger partial charge is 0.478 e. The number of carbonyl (C=O) groups is 2. The van der Waals surface area contributed by atoms with Crippen molar-refractivity contribution in [1.82, 2.24) is 20.7 Å². The van der Waals surface area contributed by atoms with E-state index in [1.54, 1.807) is 13.0 Å². The van der Waals surface area contributed by atoms with Crippen LogP contribution >= 0.6 is 0 Å². The van der Waals surface area contributed by atoms with Crippen LogP contribution in [0.1, 0.15) is 39.5 Å². The van der Waals surface area contributed by atoms with E-state index in [0.717, 1.165) is 6.26 Å². The third-order valence-corrected chi connectivity index (χ3v) is 2.39. The second-order valence-electron chi connectivity index (χ2n) is 3.72. The minimum atomic E-state index is -1.17. The Morgan fingerprint density at radius 3 is 2.89 bits per heavy atom. The Hall–Kier alpha value is -2.77. The smallest absolute Gasteiger partial charge is 0.341 e. The number of carboxylic acid groups (broad SMARTS) is 1. The van der Waals surface area contributed by atoms with Gasteiger partial charge in [0.15, 0.2) is 5.69 Å². The van der Waals surface area contributed by atoms with Gasteiger partial charge in [-0.25, -0.2) is 4.79 Å². The van der Waals surface area contributed by atoms with Gasteiger partial charge >= 0.3 is 5.97 Å². The summed E-state index contributed by atoms with van der Waals surface area (Å²) >= 11 is 0. The van der Waals surface area contributed by atoms with Crippen molar-refractivity contribution >= 4 is 11.9 Å². The summed E-state index contributed by atoms with van der Waals surface area (Å²) in [6.45, 7) is 1.60. The van der Waals surface area contributed by atoms with Gasteiger partial charge in [0.1, 0.15) is 17.5 Å². The number of hydrogen-bond acceptors (Lipinski definition) is 6. The van der Waals surface area contributed by atoms with Gasteiger partial charge in [0.2, 0.25) is 0 Å². The molecule has 0 bridgehead atoms. The van der Waals surface area contributed by atoms with Gasteiger partial charge in [-0.05, 0) is 19.1 Å². The van der Waals surface area contributed by atoms with Gasteiger partial charge in [-0.2, -0.15) is 5.10 Å². The van der Waals surface area contributed by atoms with E-state index < -0.39 is 17.9 Å². The summed E-state index contributed by atoms with van der Waals surface area (Å²) < 4.78 is 4.61. The van der Waals surface area contributed by atoms with Crippen molar-refractivity contribution in [1.29, 1.82) is 0 Å². The van der Waals surface area contributed by atoms with Crippen molar-refractivity contribution in [2.75, 3.05) is 0 Å². The van der Waals surface area contributed by atoms with Crippen molar-refractivity contribution in [2.24, 2.45) is 0 Å². The summed E-state index contributed by atoms with van der Waals surface area (Å²) in [6, 6.07) is 2.45. The molecule has 0 aliphatic heterocycles. The average molecular weight is 262 g/mol. The van der Waals surface area contributed by atoms with Gasteiger partial charge in [0, 0.05) is 6.20 Å². The first-order chi connectivity index (χ1) is 9.09. The number of aromatic carboxylic acids is 1. The van der Waals surface area contributed by atoms with E-state index in [2.05, 4.69) is 25.2 Å². The quantitative estimate of drug-likeness (QED) is 0.830. The van der Waals surface area contributed by atoms with Crippen LogP contribution in [0.4, 0.5) is 0 Å². The molecule has 2 N–H and O–H groups in total. The van der Waals surface area contributed by atoms with Crippen LogP contribution < -0.4 is 5.32 Å². The van der Waals surface area contributed by atoms with Crippen LogP contribution in [-0.4, -0.2) is 32.3 Å². The number of nitrogens with one attached hydrogen (secondary N) is 1. The Labute approximate surface area is 107 Å². The summed E-state index contributed by atoms with van der Waals surface area (Å²) in [5.41, 5.74) is 0.186. The molecule has 0 radical (unpaired) electrons. The molecule has 1 unspecified atom stereocenters. The van der Waals surface area contributed by atoms with Crippen molar-refractivity contribution in [3.63, 3.8) is 0 Å². The molecule has 0 fully saturated rings. The Morgan fingerprint density at radius 2 is 2.26 bits per heavy atom. The molecule has 2 rings (SSSR count). The van der Waals surface area contributed by atoms with Crippen molar-refractivity contribution in [2.45, 2.75) is 13.0 Å². The lowest BCUT2D eigenvalue weighted by molar-refractivity contribution is 0.0693. The molecule has 2 heterocycles. The predicted molar refractivity (Wildman–Crippen MR) is 61.4 cm³/mol. The van der Waals surface area contributed by atoms with Gasteiger partial charge < -0.3 is 14.9 Å². The fourth-order valence-corrected chi connectivity index (χ4v) is 1.48. The van der Waals surface area contributed by atoms with E-state index >= 15 is 0 Å². The zero-order chi connectivity index (χ0) is 13.8. The lowest BCUT2D eigenvalue weighted by Crippen LogP contribution is -2.28. The van der Waals surface area contributed by atoms with Crippen molar-refractivity contribution < 1.29 is 19.2 Å². The van der Waals surface area contributed by atoms with E-state index in [0.29, 0.717) is 0 Å². The van der Waals surface area contributed by atoms with E-state index in [4.69, 9.17) is 5.11 Å². The number of rotatable bonds is 4. The maximum atomic E-state index is 11.8. The second kappa shape index (κ2) is 5.25. The molecular formula is C11H10N4O4. The number of carbonyl (C=O) groups excluding carboxylic acids is 1. The highest BCUT2D eigenvalue weighted by molar-refractivity contribution is 5.93. The van der Waals surface area contributed by atoms with Crippen LogP contribution in [0.2, 0.25) is 0 Å². The molecule has 0 saturated heterocycles. The number of amides is 1. The standard InChI is InChI=1S/C11H10N4O4/c1-6(9-7(11(17)18)5-19-15-9)13-10(16)8-3-2-4-12-14-8/h2-6H,1H3,(H,13,16)(H,17,18). The van der Waals surface area contributed by atoms with E-state index in [1.165, 1.54) is 12.3 Å². The molecule has 8 nitrogen and oxygen atoms in total. The molecule has 1 atom stereocenters. The minimum Gasteiger partial charge on any atom is -0.478 e. The monoisotopic (exact) mass is 262 g/mol. The zero-order valence-electron chi connectivity index (χ0n) is 9.90. The maximum Gasteiger partial charge on any atom is 0.341 e. The molecule has 2 aromatic rings. The number of hydrogen-bond donors (Lipinski definition) is 2. The van der Waals surface area contributed by atoms with Crippen LogP contribution in [-0.2, 0) is 0 Å². The lowest BCUT2D eigenvalue weighted by atomic mass is 10.1. The predicted octanol–water partition coefficient (Wildman–Crippen LogP) is 0.654. The molecule has 98 valence electrons. The minimum absolute atomic E-state index is 0.0908. The maximum absolute atomic E-state index is 11.8. The van der Waals surface area contributed by atoms with Gasteiger partial charge in [0.25, 0.3) is 5.91 Å². The zero-order valence-corrected chi connectivity index (χ0v) is 9.90. The molecule has 0 aliphatic rings. The van der Waals surface area contributed by atoms with Crippen LogP contribution in [0.5, 0.6) is 0 Å². The summed E-state index contributed by atoms with van der Waals surface area (Å²) in [4.78, 5) is 22.7. The highest BCUT2D eigenvalue weighted by atomic mass is 16.5. The Bertz CT molecular complexity index is 596. The third kappa shape index (κ3) is 2.73. The summed E-state index contributed by atoms with van der Waals surface area (Å²) in [5, 5.41) is 22.3. The van der Waals surface area contributed by atoms with Gasteiger partial charge in [0.05, 0.1) is 6.04 Å². The van der Waals surface area contributed by atoms with E-state index in [1.807, 2.05) is 0 Å². The van der Waals surface area contributed by atoms with Crippen LogP contribution in [0.15, 0.2) is 29.1 Å². The molecule has 8 heteroatoms. The fourth-order valence-electron chi connectivity index (χ4n) is 1.48. The van der Waals surface area contributed by atoms with Crippen LogP contribution in [0.3, 0.4) is 0 Å². The molecule has 2 aromatic heterocycles. The highest BCUT2D eigenvalue weighted by Gasteiger charge is 2.22. The molecule has 0 aliphatic carbocycles. The number of aromatic nitrogens is 3. The Morgan fingerprint density at radius 1 is 1.47 bits per heavy atom. The summed E-state index contributed by atoms with van der Waals surface area (Å²) in [7, 11) is 0. The molecule has 1 amide bonds. The van der Waals surface area contributed by atoms with E-state index in [9.17, 15) is 9.59 Å². The third-order valence-electron chi connectivity index (χ3n) is 2.39. The van der Waals surface area contributed by atoms with Crippen LogP contribution in [0.25, 0.3) is 0 Å². The fraction of sp³-hybridized carbons (Fsp3) is 0.182. The molecule has 19 heavy (non-hydrogen) atoms. The van der Waals surface area contributed by atoms with Gasteiger partial charge in [-0.1, -0.05) is 5.16 Å². The van der Waals surface area contributed by atoms with Gasteiger partial charge in [-0.3, -0.25) is 4.79 Å². The molecule has 0 spiro atoms. The van der Waals surface area contributed by atoms with E-state index in [-0.39, 0.29) is 17.0 Å². The highest BCUT2D eigenvalue weighted by Crippen LogP contribution is 2.16. The van der Waals surface area contributed by atoms with Crippen molar-refractivity contribution in [3.05, 3.63) is 41.5 Å². The SMILES string of the molecule is CC(NC(=O)c1cccnn1)c1nocc1C(=O)O. The molecular weight excluding hydrogens is 252 g/mol. The molecule has 0 saturated carbocycles. The first-order valence-corrected chi connectivity index (χ1v) is 5.35. The Balaban J connectivity index is 2.13. The van der Waals surface area contributed by atoms with Gasteiger partial charge in [-0.15, -0.1) is 5.10 Å². The number of nitrogens with zero attached hydrogens (tertiary/aromatic N) is 3. The summed E-state index contributed by atoms with van der Waals surface area (Å²) in [6.07, 6.45) is 2.46. The van der Waals surface area contributed by atoms with Crippen molar-refractivity contribution in [3.8, 4) is 0 Å². The second-order valence-corrected chi connectivity index (χ2v) is 3.72. The average Bonchev–Trinajstić information content (AvgIpc) is 2.89. The topological polar surface area (TPSA) is 118 Å². The Kier molecular flexibility index (Phi) is 3.51. The normalized spacial score (nSPS) is 11.8. The first-order valence-electron chi connectivity index (χ1n) is 5.35. The first kappa shape index (κ1) is 12.7. The van der Waals surface area contributed by atoms with Crippen LogP contribution in [0, 0.1) is 0 Å². The lowest BCUT2D eigenvalue weighted by Gasteiger charge is -2.10.